The van der Waals surface area contributed by atoms with Crippen LogP contribution in [0.4, 0.5) is 0 Å². The minimum atomic E-state index is 0.228. The fourth-order valence-corrected chi connectivity index (χ4v) is 1.64. The zero-order valence-electron chi connectivity index (χ0n) is 10.7. The molecule has 0 aliphatic heterocycles. The smallest absolute Gasteiger partial charge is 0.162 e. The minimum absolute atomic E-state index is 0.228. The summed E-state index contributed by atoms with van der Waals surface area (Å²) >= 11 is 0. The maximum Gasteiger partial charge on any atom is 0.162 e. The molecule has 0 aromatic heterocycles. The van der Waals surface area contributed by atoms with Gasteiger partial charge in [-0.3, -0.25) is 4.79 Å². The van der Waals surface area contributed by atoms with Crippen LogP contribution in [0.5, 0.6) is 0 Å². The van der Waals surface area contributed by atoms with Gasteiger partial charge in [0.25, 0.3) is 0 Å². The number of carbonyl (C=O) groups is 1. The Hall–Kier alpha value is -1.19. The average Bonchev–Trinajstić information content (AvgIpc) is 2.37. The first-order valence-electron chi connectivity index (χ1n) is 5.99. The lowest BCUT2D eigenvalue weighted by Crippen LogP contribution is -2.24. The van der Waals surface area contributed by atoms with Crippen LogP contribution in [0.2, 0.25) is 0 Å². The lowest BCUT2D eigenvalue weighted by molar-refractivity contribution is 0.0974. The zero-order valence-corrected chi connectivity index (χ0v) is 10.7. The van der Waals surface area contributed by atoms with Crippen molar-refractivity contribution in [2.45, 2.75) is 12.8 Å². The van der Waals surface area contributed by atoms with Gasteiger partial charge in [0.05, 0.1) is 6.61 Å². The molecule has 3 nitrogen and oxygen atoms in total. The molecule has 0 amide bonds. The SMILES string of the molecule is COCCN(C)CCCC(=O)c1ccccc1. The predicted molar refractivity (Wildman–Crippen MR) is 69.4 cm³/mol. The zero-order chi connectivity index (χ0) is 12.5. The average molecular weight is 235 g/mol. The van der Waals surface area contributed by atoms with Gasteiger partial charge in [0.1, 0.15) is 0 Å². The summed E-state index contributed by atoms with van der Waals surface area (Å²) in [5.41, 5.74) is 0.812. The van der Waals surface area contributed by atoms with E-state index in [0.717, 1.165) is 31.7 Å². The van der Waals surface area contributed by atoms with Crippen molar-refractivity contribution in [3.63, 3.8) is 0 Å². The van der Waals surface area contributed by atoms with E-state index in [2.05, 4.69) is 4.90 Å². The summed E-state index contributed by atoms with van der Waals surface area (Å²) in [5, 5.41) is 0. The molecule has 0 aliphatic carbocycles. The van der Waals surface area contributed by atoms with E-state index in [1.54, 1.807) is 7.11 Å². The lowest BCUT2D eigenvalue weighted by Gasteiger charge is -2.15. The highest BCUT2D eigenvalue weighted by atomic mass is 16.5. The number of carbonyl (C=O) groups excluding carboxylic acids is 1. The van der Waals surface area contributed by atoms with Gasteiger partial charge in [0.15, 0.2) is 5.78 Å². The molecular weight excluding hydrogens is 214 g/mol. The molecule has 0 heterocycles. The van der Waals surface area contributed by atoms with E-state index in [9.17, 15) is 4.79 Å². The third-order valence-corrected chi connectivity index (χ3v) is 2.72. The highest BCUT2D eigenvalue weighted by Crippen LogP contribution is 2.05. The molecule has 0 fully saturated rings. The molecule has 0 spiro atoms. The van der Waals surface area contributed by atoms with Crippen molar-refractivity contribution in [2.75, 3.05) is 33.9 Å². The topological polar surface area (TPSA) is 29.5 Å². The summed E-state index contributed by atoms with van der Waals surface area (Å²) in [4.78, 5) is 14.0. The first kappa shape index (κ1) is 13.9. The van der Waals surface area contributed by atoms with Crippen LogP contribution in [0.3, 0.4) is 0 Å². The van der Waals surface area contributed by atoms with Gasteiger partial charge >= 0.3 is 0 Å². The van der Waals surface area contributed by atoms with Crippen molar-refractivity contribution in [2.24, 2.45) is 0 Å². The van der Waals surface area contributed by atoms with Crippen molar-refractivity contribution >= 4 is 5.78 Å². The number of ketones is 1. The van der Waals surface area contributed by atoms with Crippen molar-refractivity contribution in [3.8, 4) is 0 Å². The molecule has 17 heavy (non-hydrogen) atoms. The molecule has 0 saturated carbocycles. The first-order valence-corrected chi connectivity index (χ1v) is 5.99. The fraction of sp³-hybridized carbons (Fsp3) is 0.500. The van der Waals surface area contributed by atoms with Crippen LogP contribution in [0.25, 0.3) is 0 Å². The summed E-state index contributed by atoms with van der Waals surface area (Å²) in [6.45, 7) is 2.58. The van der Waals surface area contributed by atoms with E-state index in [1.165, 1.54) is 0 Å². The minimum Gasteiger partial charge on any atom is -0.383 e. The number of Topliss-reactive ketones (excluding diaryl/α,β-unsaturated/α-hetero) is 1. The van der Waals surface area contributed by atoms with Gasteiger partial charge in [-0.1, -0.05) is 30.3 Å². The van der Waals surface area contributed by atoms with Gasteiger partial charge in [-0.15, -0.1) is 0 Å². The van der Waals surface area contributed by atoms with Gasteiger partial charge in [0.2, 0.25) is 0 Å². The first-order chi connectivity index (χ1) is 8.24. The second kappa shape index (κ2) is 7.98. The maximum absolute atomic E-state index is 11.8. The summed E-state index contributed by atoms with van der Waals surface area (Å²) in [5.74, 6) is 0.228. The van der Waals surface area contributed by atoms with E-state index < -0.39 is 0 Å². The van der Waals surface area contributed by atoms with Crippen LogP contribution >= 0.6 is 0 Å². The van der Waals surface area contributed by atoms with E-state index in [0.29, 0.717) is 6.42 Å². The van der Waals surface area contributed by atoms with Gasteiger partial charge in [-0.25, -0.2) is 0 Å². The molecule has 0 atom stereocenters. The molecule has 0 aliphatic rings. The molecule has 0 saturated heterocycles. The van der Waals surface area contributed by atoms with E-state index in [4.69, 9.17) is 4.74 Å². The lowest BCUT2D eigenvalue weighted by atomic mass is 10.1. The van der Waals surface area contributed by atoms with Crippen LogP contribution < -0.4 is 0 Å². The van der Waals surface area contributed by atoms with Gasteiger partial charge in [-0.2, -0.15) is 0 Å². The Morgan fingerprint density at radius 2 is 1.94 bits per heavy atom. The van der Waals surface area contributed by atoms with E-state index in [-0.39, 0.29) is 5.78 Å². The molecule has 0 radical (unpaired) electrons. The molecule has 0 unspecified atom stereocenters. The Bertz CT molecular complexity index is 324. The van der Waals surface area contributed by atoms with Gasteiger partial charge in [0, 0.05) is 25.6 Å². The molecule has 1 rings (SSSR count). The normalized spacial score (nSPS) is 10.8. The van der Waals surface area contributed by atoms with Crippen molar-refractivity contribution in [1.29, 1.82) is 0 Å². The molecule has 0 N–H and O–H groups in total. The molecule has 3 heteroatoms. The standard InChI is InChI=1S/C14H21NO2/c1-15(11-12-17-2)10-6-9-14(16)13-7-4-3-5-8-13/h3-5,7-8H,6,9-12H2,1-2H3. The number of likely N-dealkylation sites (N-methyl/N-ethyl adjacent to an activating group) is 1. The van der Waals surface area contributed by atoms with Crippen LogP contribution in [-0.4, -0.2) is 44.5 Å². The predicted octanol–water partition coefficient (Wildman–Crippen LogP) is 2.23. The maximum atomic E-state index is 11.8. The Labute approximate surface area is 103 Å². The highest BCUT2D eigenvalue weighted by Gasteiger charge is 2.05. The molecule has 94 valence electrons. The van der Waals surface area contributed by atoms with Crippen LogP contribution in [0.15, 0.2) is 30.3 Å². The Morgan fingerprint density at radius 3 is 2.59 bits per heavy atom. The summed E-state index contributed by atoms with van der Waals surface area (Å²) in [6, 6.07) is 9.47. The number of hydrogen-bond acceptors (Lipinski definition) is 3. The Balaban J connectivity index is 2.21. The third-order valence-electron chi connectivity index (χ3n) is 2.72. The second-order valence-electron chi connectivity index (χ2n) is 4.19. The molecule has 1 aromatic rings. The summed E-state index contributed by atoms with van der Waals surface area (Å²) in [6.07, 6.45) is 1.51. The van der Waals surface area contributed by atoms with Crippen molar-refractivity contribution < 1.29 is 9.53 Å². The van der Waals surface area contributed by atoms with E-state index in [1.807, 2.05) is 37.4 Å². The number of ether oxygens (including phenoxy) is 1. The van der Waals surface area contributed by atoms with E-state index >= 15 is 0 Å². The second-order valence-corrected chi connectivity index (χ2v) is 4.19. The molecule has 0 bridgehead atoms. The summed E-state index contributed by atoms with van der Waals surface area (Å²) < 4.78 is 5.00. The quantitative estimate of drug-likeness (QED) is 0.647. The van der Waals surface area contributed by atoms with Crippen LogP contribution in [0.1, 0.15) is 23.2 Å². The molecular formula is C14H21NO2. The number of benzene rings is 1. The number of hydrogen-bond donors (Lipinski definition) is 0. The highest BCUT2D eigenvalue weighted by molar-refractivity contribution is 5.95. The van der Waals surface area contributed by atoms with Crippen LogP contribution in [-0.2, 0) is 4.74 Å². The van der Waals surface area contributed by atoms with Gasteiger partial charge in [-0.05, 0) is 20.0 Å². The number of rotatable bonds is 8. The fourth-order valence-electron chi connectivity index (χ4n) is 1.64. The number of methoxy groups -OCH3 is 1. The number of nitrogens with zero attached hydrogens (tertiary/aromatic N) is 1. The Morgan fingerprint density at radius 1 is 1.24 bits per heavy atom. The molecule has 1 aromatic carbocycles. The van der Waals surface area contributed by atoms with Crippen LogP contribution in [0, 0.1) is 0 Å². The van der Waals surface area contributed by atoms with Crippen molar-refractivity contribution in [1.82, 2.24) is 4.90 Å². The third kappa shape index (κ3) is 5.61. The summed E-state index contributed by atoms with van der Waals surface area (Å²) in [7, 11) is 3.75. The van der Waals surface area contributed by atoms with Gasteiger partial charge < -0.3 is 9.64 Å². The monoisotopic (exact) mass is 235 g/mol. The Kier molecular flexibility index (Phi) is 6.51. The largest absolute Gasteiger partial charge is 0.383 e. The van der Waals surface area contributed by atoms with Crippen molar-refractivity contribution in [3.05, 3.63) is 35.9 Å².